The molecule has 0 fully saturated rings. The van der Waals surface area contributed by atoms with Gasteiger partial charge in [-0.3, -0.25) is 4.79 Å². The summed E-state index contributed by atoms with van der Waals surface area (Å²) in [5.74, 6) is 1.34. The van der Waals surface area contributed by atoms with E-state index in [1.807, 2.05) is 48.5 Å². The van der Waals surface area contributed by atoms with E-state index in [0.29, 0.717) is 23.8 Å². The second-order valence-corrected chi connectivity index (χ2v) is 7.19. The van der Waals surface area contributed by atoms with Crippen LogP contribution in [-0.4, -0.2) is 24.5 Å². The van der Waals surface area contributed by atoms with Gasteiger partial charge < -0.3 is 4.74 Å². The van der Waals surface area contributed by atoms with Crippen LogP contribution in [-0.2, 0) is 4.79 Å². The number of para-hydroxylation sites is 1. The van der Waals surface area contributed by atoms with E-state index in [2.05, 4.69) is 17.5 Å². The molecule has 0 radical (unpaired) electrons. The molecular formula is C20H23ClN2O2S. The summed E-state index contributed by atoms with van der Waals surface area (Å²) in [6.45, 7) is 2.80. The van der Waals surface area contributed by atoms with Crippen molar-refractivity contribution in [1.82, 2.24) is 5.43 Å². The van der Waals surface area contributed by atoms with Crippen LogP contribution in [0.5, 0.6) is 5.75 Å². The maximum Gasteiger partial charge on any atom is 0.240 e. The summed E-state index contributed by atoms with van der Waals surface area (Å²) in [6, 6.07) is 15.2. The number of amides is 1. The van der Waals surface area contributed by atoms with Crippen molar-refractivity contribution in [3.8, 4) is 5.75 Å². The zero-order valence-electron chi connectivity index (χ0n) is 14.8. The summed E-state index contributed by atoms with van der Waals surface area (Å²) in [5, 5.41) is 4.75. The lowest BCUT2D eigenvalue weighted by Crippen LogP contribution is -2.17. The molecule has 0 aromatic heterocycles. The fourth-order valence-electron chi connectivity index (χ4n) is 2.07. The predicted molar refractivity (Wildman–Crippen MR) is 109 cm³/mol. The van der Waals surface area contributed by atoms with Gasteiger partial charge in [-0.15, -0.1) is 11.8 Å². The van der Waals surface area contributed by atoms with Gasteiger partial charge in [0.1, 0.15) is 5.75 Å². The predicted octanol–water partition coefficient (Wildman–Crippen LogP) is 5.15. The number of hydrogen-bond acceptors (Lipinski definition) is 4. The second kappa shape index (κ2) is 11.6. The number of carbonyl (C=O) groups is 1. The van der Waals surface area contributed by atoms with Gasteiger partial charge in [0.2, 0.25) is 5.91 Å². The standard InChI is InChI=1S/C20H23ClN2O2S/c1-2-3-13-25-19-7-5-4-6-16(19)15-22-23-20(24)12-14-26-18-10-8-17(21)9-11-18/h4-11,15H,2-3,12-14H2,1H3,(H,23,24)/b22-15+. The van der Waals surface area contributed by atoms with E-state index >= 15 is 0 Å². The van der Waals surface area contributed by atoms with Gasteiger partial charge in [-0.1, -0.05) is 37.1 Å². The highest BCUT2D eigenvalue weighted by molar-refractivity contribution is 7.99. The largest absolute Gasteiger partial charge is 0.493 e. The maximum atomic E-state index is 11.9. The summed E-state index contributed by atoms with van der Waals surface area (Å²) in [5.41, 5.74) is 3.41. The second-order valence-electron chi connectivity index (χ2n) is 5.59. The third-order valence-electron chi connectivity index (χ3n) is 3.48. The zero-order valence-corrected chi connectivity index (χ0v) is 16.4. The molecule has 0 atom stereocenters. The Bertz CT molecular complexity index is 720. The average Bonchev–Trinajstić information content (AvgIpc) is 2.65. The molecular weight excluding hydrogens is 368 g/mol. The Morgan fingerprint density at radius 1 is 1.23 bits per heavy atom. The fraction of sp³-hybridized carbons (Fsp3) is 0.300. The summed E-state index contributed by atoms with van der Waals surface area (Å²) < 4.78 is 5.74. The van der Waals surface area contributed by atoms with E-state index in [0.717, 1.165) is 29.1 Å². The number of thioether (sulfide) groups is 1. The van der Waals surface area contributed by atoms with E-state index < -0.39 is 0 Å². The van der Waals surface area contributed by atoms with Crippen LogP contribution in [0.1, 0.15) is 31.7 Å². The van der Waals surface area contributed by atoms with E-state index in [9.17, 15) is 4.79 Å². The average molecular weight is 391 g/mol. The quantitative estimate of drug-likeness (QED) is 0.264. The molecule has 0 saturated heterocycles. The molecule has 26 heavy (non-hydrogen) atoms. The molecule has 0 aliphatic rings. The van der Waals surface area contributed by atoms with Crippen LogP contribution in [0.25, 0.3) is 0 Å². The topological polar surface area (TPSA) is 50.7 Å². The van der Waals surface area contributed by atoms with Crippen LogP contribution >= 0.6 is 23.4 Å². The van der Waals surface area contributed by atoms with Crippen LogP contribution in [0.15, 0.2) is 58.5 Å². The van der Waals surface area contributed by atoms with Gasteiger partial charge in [-0.25, -0.2) is 5.43 Å². The smallest absolute Gasteiger partial charge is 0.240 e. The van der Waals surface area contributed by atoms with Crippen LogP contribution in [0.3, 0.4) is 0 Å². The van der Waals surface area contributed by atoms with Crippen LogP contribution in [0, 0.1) is 0 Å². The van der Waals surface area contributed by atoms with E-state index in [1.165, 1.54) is 0 Å². The molecule has 2 aromatic rings. The van der Waals surface area contributed by atoms with Crippen LogP contribution in [0.2, 0.25) is 5.02 Å². The molecule has 0 saturated carbocycles. The Hall–Kier alpha value is -1.98. The Labute approximate surface area is 164 Å². The minimum atomic E-state index is -0.118. The molecule has 2 rings (SSSR count). The van der Waals surface area contributed by atoms with Gasteiger partial charge in [0.05, 0.1) is 12.8 Å². The number of halogens is 1. The monoisotopic (exact) mass is 390 g/mol. The first-order valence-corrected chi connectivity index (χ1v) is 9.97. The van der Waals surface area contributed by atoms with Crippen LogP contribution in [0.4, 0.5) is 0 Å². The minimum absolute atomic E-state index is 0.118. The highest BCUT2D eigenvalue weighted by Gasteiger charge is 2.03. The number of nitrogens with zero attached hydrogens (tertiary/aromatic N) is 1. The molecule has 138 valence electrons. The Morgan fingerprint density at radius 2 is 2.00 bits per heavy atom. The lowest BCUT2D eigenvalue weighted by molar-refractivity contribution is -0.120. The lowest BCUT2D eigenvalue weighted by atomic mass is 10.2. The summed E-state index contributed by atoms with van der Waals surface area (Å²) in [6.07, 6.45) is 4.10. The molecule has 1 N–H and O–H groups in total. The molecule has 0 aliphatic carbocycles. The van der Waals surface area contributed by atoms with Gasteiger partial charge in [0.25, 0.3) is 0 Å². The minimum Gasteiger partial charge on any atom is -0.493 e. The van der Waals surface area contributed by atoms with Crippen molar-refractivity contribution in [3.05, 3.63) is 59.1 Å². The number of carbonyl (C=O) groups excluding carboxylic acids is 1. The van der Waals surface area contributed by atoms with E-state index in [4.69, 9.17) is 16.3 Å². The number of ether oxygens (including phenoxy) is 1. The maximum absolute atomic E-state index is 11.9. The van der Waals surface area contributed by atoms with E-state index in [-0.39, 0.29) is 5.91 Å². The van der Waals surface area contributed by atoms with E-state index in [1.54, 1.807) is 18.0 Å². The first-order chi connectivity index (χ1) is 12.7. The lowest BCUT2D eigenvalue weighted by Gasteiger charge is -2.08. The number of hydrazone groups is 1. The highest BCUT2D eigenvalue weighted by Crippen LogP contribution is 2.21. The van der Waals surface area contributed by atoms with Crippen molar-refractivity contribution in [3.63, 3.8) is 0 Å². The van der Waals surface area contributed by atoms with Crippen LogP contribution < -0.4 is 10.2 Å². The molecule has 6 heteroatoms. The van der Waals surface area contributed by atoms with Crippen molar-refractivity contribution in [2.75, 3.05) is 12.4 Å². The van der Waals surface area contributed by atoms with Crippen molar-refractivity contribution < 1.29 is 9.53 Å². The summed E-state index contributed by atoms with van der Waals surface area (Å²) in [4.78, 5) is 13.0. The number of benzene rings is 2. The fourth-order valence-corrected chi connectivity index (χ4v) is 3.04. The van der Waals surface area contributed by atoms with Crippen molar-refractivity contribution >= 4 is 35.5 Å². The molecule has 1 amide bonds. The Kier molecular flexibility index (Phi) is 9.07. The number of nitrogens with one attached hydrogen (secondary N) is 1. The molecule has 0 spiro atoms. The Morgan fingerprint density at radius 3 is 2.77 bits per heavy atom. The third-order valence-corrected chi connectivity index (χ3v) is 4.74. The normalized spacial score (nSPS) is 10.8. The molecule has 0 bridgehead atoms. The molecule has 2 aromatic carbocycles. The SMILES string of the molecule is CCCCOc1ccccc1/C=N/NC(=O)CCSc1ccc(Cl)cc1. The van der Waals surface area contributed by atoms with Gasteiger partial charge >= 0.3 is 0 Å². The highest BCUT2D eigenvalue weighted by atomic mass is 35.5. The Balaban J connectivity index is 1.75. The first-order valence-electron chi connectivity index (χ1n) is 8.61. The van der Waals surface area contributed by atoms with Crippen molar-refractivity contribution in [2.24, 2.45) is 5.10 Å². The van der Waals surface area contributed by atoms with Gasteiger partial charge in [-0.05, 0) is 42.8 Å². The zero-order chi connectivity index (χ0) is 18.6. The number of hydrogen-bond donors (Lipinski definition) is 1. The van der Waals surface area contributed by atoms with Crippen molar-refractivity contribution in [1.29, 1.82) is 0 Å². The molecule has 0 aliphatic heterocycles. The first kappa shape index (κ1) is 20.3. The third kappa shape index (κ3) is 7.50. The number of unbranched alkanes of at least 4 members (excludes halogenated alkanes) is 1. The van der Waals surface area contributed by atoms with Crippen molar-refractivity contribution in [2.45, 2.75) is 31.1 Å². The van der Waals surface area contributed by atoms with Gasteiger partial charge in [0, 0.05) is 27.7 Å². The molecule has 4 nitrogen and oxygen atoms in total. The number of rotatable bonds is 10. The molecule has 0 unspecified atom stereocenters. The van der Waals surface area contributed by atoms with Gasteiger partial charge in [-0.2, -0.15) is 5.10 Å². The molecule has 0 heterocycles. The summed E-state index contributed by atoms with van der Waals surface area (Å²) in [7, 11) is 0. The summed E-state index contributed by atoms with van der Waals surface area (Å²) >= 11 is 7.46. The van der Waals surface area contributed by atoms with Gasteiger partial charge in [0.15, 0.2) is 0 Å².